The molecule has 0 saturated carbocycles. The van der Waals surface area contributed by atoms with Crippen molar-refractivity contribution < 1.29 is 28.3 Å². The molecule has 2 saturated heterocycles. The fourth-order valence-electron chi connectivity index (χ4n) is 5.43. The predicted molar refractivity (Wildman–Crippen MR) is 142 cm³/mol. The van der Waals surface area contributed by atoms with E-state index in [9.17, 15) is 28.3 Å². The summed E-state index contributed by atoms with van der Waals surface area (Å²) >= 11 is 0. The zero-order valence-electron chi connectivity index (χ0n) is 22.0. The van der Waals surface area contributed by atoms with Gasteiger partial charge in [0, 0.05) is 38.1 Å². The van der Waals surface area contributed by atoms with Crippen LogP contribution >= 0.6 is 0 Å². The molecule has 3 aromatic carbocycles. The van der Waals surface area contributed by atoms with Crippen molar-refractivity contribution in [2.24, 2.45) is 0 Å². The number of aryl methyl sites for hydroxylation is 1. The molecule has 0 radical (unpaired) electrons. The topological polar surface area (TPSA) is 84.4 Å². The summed E-state index contributed by atoms with van der Waals surface area (Å²) in [6.45, 7) is -0.264. The van der Waals surface area contributed by atoms with Crippen LogP contribution in [0.25, 0.3) is 0 Å². The first kappa shape index (κ1) is 27.3. The number of likely N-dealkylation sites (N-methyl/N-ethyl adjacent to an activating group) is 1. The van der Waals surface area contributed by atoms with E-state index in [1.165, 1.54) is 33.0 Å². The largest absolute Gasteiger partial charge is 0.508 e. The van der Waals surface area contributed by atoms with Gasteiger partial charge >= 0.3 is 0 Å². The van der Waals surface area contributed by atoms with E-state index in [1.54, 1.807) is 24.2 Å². The van der Waals surface area contributed by atoms with Crippen molar-refractivity contribution in [3.05, 3.63) is 101 Å². The highest BCUT2D eigenvalue weighted by Crippen LogP contribution is 2.30. The number of benzene rings is 3. The van der Waals surface area contributed by atoms with Crippen LogP contribution in [0.4, 0.5) is 8.78 Å². The van der Waals surface area contributed by atoms with Crippen molar-refractivity contribution in [1.82, 2.24) is 19.8 Å². The Bertz CT molecular complexity index is 1400. The fraction of sp³-hybridized carbons (Fsp3) is 0.300. The minimum atomic E-state index is -0.961. The Hall–Kier alpha value is -4.31. The van der Waals surface area contributed by atoms with Crippen LogP contribution in [0.3, 0.4) is 0 Å². The highest BCUT2D eigenvalue weighted by Gasteiger charge is 2.50. The molecule has 1 N–H and O–H groups in total. The van der Waals surface area contributed by atoms with Crippen LogP contribution in [-0.4, -0.2) is 75.0 Å². The number of carbonyl (C=O) groups excluding carboxylic acids is 3. The molecule has 8 nitrogen and oxygen atoms in total. The van der Waals surface area contributed by atoms with Crippen molar-refractivity contribution in [3.63, 3.8) is 0 Å². The molecule has 2 heterocycles. The SMILES string of the molecule is CN1CC(=O)N2[C@@H](Cc3ccc(O)cc3)C(=O)N(Cc3ccc(F)cc3F)C[C@@H]2N1C(=O)CCc1ccccc1. The summed E-state index contributed by atoms with van der Waals surface area (Å²) in [5.74, 6) is -2.35. The second-order valence-corrected chi connectivity index (χ2v) is 10.2. The molecule has 40 heavy (non-hydrogen) atoms. The van der Waals surface area contributed by atoms with E-state index in [0.717, 1.165) is 17.7 Å². The van der Waals surface area contributed by atoms with Gasteiger partial charge in [0.15, 0.2) is 0 Å². The number of fused-ring (bicyclic) bond motifs is 1. The van der Waals surface area contributed by atoms with Crippen LogP contribution in [0.2, 0.25) is 0 Å². The molecule has 2 atom stereocenters. The second-order valence-electron chi connectivity index (χ2n) is 10.2. The average Bonchev–Trinajstić information content (AvgIpc) is 2.92. The van der Waals surface area contributed by atoms with Gasteiger partial charge in [0.1, 0.15) is 29.6 Å². The molecule has 10 heteroatoms. The number of hydrogen-bond donors (Lipinski definition) is 1. The third kappa shape index (κ3) is 5.67. The van der Waals surface area contributed by atoms with Gasteiger partial charge < -0.3 is 14.9 Å². The van der Waals surface area contributed by atoms with Crippen LogP contribution in [0.1, 0.15) is 23.1 Å². The van der Waals surface area contributed by atoms with E-state index in [4.69, 9.17) is 0 Å². The number of phenols is 1. The minimum Gasteiger partial charge on any atom is -0.508 e. The molecule has 3 amide bonds. The van der Waals surface area contributed by atoms with Crippen LogP contribution in [0.15, 0.2) is 72.8 Å². The van der Waals surface area contributed by atoms with Crippen molar-refractivity contribution in [2.75, 3.05) is 20.1 Å². The van der Waals surface area contributed by atoms with Crippen LogP contribution in [0.5, 0.6) is 5.75 Å². The van der Waals surface area contributed by atoms with Gasteiger partial charge in [0.05, 0.1) is 13.1 Å². The lowest BCUT2D eigenvalue weighted by Crippen LogP contribution is -2.75. The van der Waals surface area contributed by atoms with E-state index in [-0.39, 0.29) is 55.6 Å². The molecule has 2 aliphatic heterocycles. The first-order valence-electron chi connectivity index (χ1n) is 13.1. The molecule has 208 valence electrons. The summed E-state index contributed by atoms with van der Waals surface area (Å²) in [6, 6.07) is 18.1. The third-order valence-electron chi connectivity index (χ3n) is 7.41. The van der Waals surface area contributed by atoms with E-state index in [0.29, 0.717) is 12.0 Å². The van der Waals surface area contributed by atoms with Gasteiger partial charge in [-0.1, -0.05) is 48.5 Å². The Morgan fingerprint density at radius 2 is 1.70 bits per heavy atom. The fourth-order valence-corrected chi connectivity index (χ4v) is 5.43. The van der Waals surface area contributed by atoms with Crippen molar-refractivity contribution >= 4 is 17.7 Å². The molecule has 5 rings (SSSR count). The van der Waals surface area contributed by atoms with Gasteiger partial charge in [-0.25, -0.2) is 13.8 Å². The average molecular weight is 549 g/mol. The molecule has 0 aromatic heterocycles. The first-order chi connectivity index (χ1) is 19.2. The number of aromatic hydroxyl groups is 1. The Morgan fingerprint density at radius 1 is 0.975 bits per heavy atom. The van der Waals surface area contributed by atoms with E-state index >= 15 is 0 Å². The van der Waals surface area contributed by atoms with E-state index in [2.05, 4.69) is 0 Å². The molecule has 0 aliphatic carbocycles. The zero-order chi connectivity index (χ0) is 28.4. The Balaban J connectivity index is 1.47. The molecule has 0 unspecified atom stereocenters. The lowest BCUT2D eigenvalue weighted by atomic mass is 9.98. The van der Waals surface area contributed by atoms with Gasteiger partial charge in [0.25, 0.3) is 0 Å². The Morgan fingerprint density at radius 3 is 2.40 bits per heavy atom. The lowest BCUT2D eigenvalue weighted by molar-refractivity contribution is -0.202. The number of nitrogens with zero attached hydrogens (tertiary/aromatic N) is 4. The maximum absolute atomic E-state index is 14.6. The van der Waals surface area contributed by atoms with Gasteiger partial charge in [-0.2, -0.15) is 0 Å². The van der Waals surface area contributed by atoms with Gasteiger partial charge in [-0.15, -0.1) is 0 Å². The van der Waals surface area contributed by atoms with Crippen LogP contribution in [0, 0.1) is 11.6 Å². The number of rotatable bonds is 7. The highest BCUT2D eigenvalue weighted by atomic mass is 19.1. The van der Waals surface area contributed by atoms with Gasteiger partial charge in [-0.3, -0.25) is 19.4 Å². The summed E-state index contributed by atoms with van der Waals surface area (Å²) in [7, 11) is 1.66. The smallest absolute Gasteiger partial charge is 0.246 e. The summed E-state index contributed by atoms with van der Waals surface area (Å²) in [5.41, 5.74) is 1.84. The zero-order valence-corrected chi connectivity index (χ0v) is 22.0. The van der Waals surface area contributed by atoms with Crippen molar-refractivity contribution in [2.45, 2.75) is 38.0 Å². The predicted octanol–water partition coefficient (Wildman–Crippen LogP) is 3.10. The molecular formula is C30H30F2N4O4. The van der Waals surface area contributed by atoms with Crippen LogP contribution < -0.4 is 0 Å². The Kier molecular flexibility index (Phi) is 7.79. The molecule has 2 fully saturated rings. The number of phenolic OH excluding ortho intramolecular Hbond substituents is 1. The number of piperazine rings is 1. The maximum atomic E-state index is 14.6. The number of hydrogen-bond acceptors (Lipinski definition) is 5. The second kappa shape index (κ2) is 11.4. The number of halogens is 2. The quantitative estimate of drug-likeness (QED) is 0.491. The van der Waals surface area contributed by atoms with Crippen molar-refractivity contribution in [1.29, 1.82) is 0 Å². The number of carbonyl (C=O) groups is 3. The molecular weight excluding hydrogens is 518 g/mol. The normalized spacial score (nSPS) is 19.6. The first-order valence-corrected chi connectivity index (χ1v) is 13.1. The molecule has 0 bridgehead atoms. The minimum absolute atomic E-state index is 0.0329. The lowest BCUT2D eigenvalue weighted by Gasteiger charge is -2.54. The van der Waals surface area contributed by atoms with Gasteiger partial charge in [-0.05, 0) is 35.7 Å². The van der Waals surface area contributed by atoms with E-state index < -0.39 is 29.7 Å². The summed E-state index contributed by atoms with van der Waals surface area (Å²) < 4.78 is 28.1. The van der Waals surface area contributed by atoms with Crippen LogP contribution in [-0.2, 0) is 33.8 Å². The van der Waals surface area contributed by atoms with Crippen molar-refractivity contribution in [3.8, 4) is 5.75 Å². The number of amides is 3. The molecule has 3 aromatic rings. The maximum Gasteiger partial charge on any atom is 0.246 e. The summed E-state index contributed by atoms with van der Waals surface area (Å²) in [5, 5.41) is 12.8. The standard InChI is InChI=1S/C30H30F2N4O4/c1-33-19-29(39)35-26(15-21-7-12-24(37)13-8-21)30(40)34(17-22-10-11-23(31)16-25(22)32)18-27(35)36(33)28(38)14-9-20-5-3-2-4-6-20/h2-8,10-13,16,26-27,37H,9,14-15,17-19H2,1H3/t26-,27-/m0/s1. The molecule has 0 spiro atoms. The van der Waals surface area contributed by atoms with E-state index in [1.807, 2.05) is 30.3 Å². The molecule has 2 aliphatic rings. The third-order valence-corrected chi connectivity index (χ3v) is 7.41. The highest BCUT2D eigenvalue weighted by molar-refractivity contribution is 5.91. The monoisotopic (exact) mass is 548 g/mol. The van der Waals surface area contributed by atoms with Gasteiger partial charge in [0.2, 0.25) is 17.7 Å². The summed E-state index contributed by atoms with van der Waals surface area (Å²) in [4.78, 5) is 43.7. The number of hydrazine groups is 1. The Labute approximate surface area is 231 Å². The summed E-state index contributed by atoms with van der Waals surface area (Å²) in [6.07, 6.45) is 0.0264.